The molecule has 1 aliphatic rings. The van der Waals surface area contributed by atoms with Crippen molar-refractivity contribution in [3.05, 3.63) is 58.5 Å². The fourth-order valence-electron chi connectivity index (χ4n) is 3.16. The second kappa shape index (κ2) is 6.94. The van der Waals surface area contributed by atoms with Crippen LogP contribution in [0.3, 0.4) is 0 Å². The maximum absolute atomic E-state index is 12.7. The highest BCUT2D eigenvalue weighted by Gasteiger charge is 2.23. The van der Waals surface area contributed by atoms with Gasteiger partial charge in [-0.1, -0.05) is 12.1 Å². The van der Waals surface area contributed by atoms with E-state index in [0.717, 1.165) is 11.3 Å². The van der Waals surface area contributed by atoms with Crippen LogP contribution in [0.5, 0.6) is 0 Å². The standard InChI is InChI=1S/C18H19N7O2/c19-18-21-15(11-16(26)22-18)24-7-9-25(10-8-24)17(27)13-3-1-12(2-4-13)14-5-6-20-23-14/h1-6,11H,7-10H2,(H,20,23)(H3,19,21,22,26). The lowest BCUT2D eigenvalue weighted by atomic mass is 10.1. The molecule has 3 heterocycles. The van der Waals surface area contributed by atoms with E-state index in [2.05, 4.69) is 20.2 Å². The molecule has 4 rings (SSSR count). The molecule has 1 aromatic carbocycles. The highest BCUT2D eigenvalue weighted by Crippen LogP contribution is 2.19. The second-order valence-corrected chi connectivity index (χ2v) is 6.32. The first kappa shape index (κ1) is 16.8. The van der Waals surface area contributed by atoms with Crippen LogP contribution < -0.4 is 16.2 Å². The van der Waals surface area contributed by atoms with Gasteiger partial charge in [0.25, 0.3) is 11.5 Å². The Balaban J connectivity index is 1.42. The number of hydrogen-bond acceptors (Lipinski definition) is 6. The number of nitrogens with two attached hydrogens (primary N) is 1. The van der Waals surface area contributed by atoms with Crippen molar-refractivity contribution in [3.8, 4) is 11.3 Å². The van der Waals surface area contributed by atoms with Crippen molar-refractivity contribution in [1.29, 1.82) is 0 Å². The Bertz CT molecular complexity index is 987. The first-order chi connectivity index (χ1) is 13.1. The summed E-state index contributed by atoms with van der Waals surface area (Å²) in [5, 5.41) is 6.84. The minimum absolute atomic E-state index is 0.0100. The van der Waals surface area contributed by atoms with E-state index in [9.17, 15) is 9.59 Å². The molecule has 27 heavy (non-hydrogen) atoms. The number of nitrogen functional groups attached to an aromatic ring is 1. The van der Waals surface area contributed by atoms with Gasteiger partial charge in [-0.05, 0) is 23.8 Å². The number of aromatic nitrogens is 4. The maximum atomic E-state index is 12.7. The number of H-pyrrole nitrogens is 2. The lowest BCUT2D eigenvalue weighted by Crippen LogP contribution is -2.49. The lowest BCUT2D eigenvalue weighted by molar-refractivity contribution is 0.0746. The SMILES string of the molecule is Nc1nc(N2CCN(C(=O)c3ccc(-c4ccn[nH]4)cc3)CC2)cc(=O)[nH]1. The minimum atomic E-state index is -0.284. The van der Waals surface area contributed by atoms with E-state index in [1.165, 1.54) is 6.07 Å². The van der Waals surface area contributed by atoms with Crippen molar-refractivity contribution >= 4 is 17.7 Å². The zero-order valence-electron chi connectivity index (χ0n) is 14.6. The predicted molar refractivity (Wildman–Crippen MR) is 101 cm³/mol. The quantitative estimate of drug-likeness (QED) is 0.628. The molecule has 1 fully saturated rings. The molecule has 138 valence electrons. The lowest BCUT2D eigenvalue weighted by Gasteiger charge is -2.35. The van der Waals surface area contributed by atoms with E-state index in [1.807, 2.05) is 35.2 Å². The molecule has 1 aliphatic heterocycles. The average Bonchev–Trinajstić information content (AvgIpc) is 3.22. The van der Waals surface area contributed by atoms with E-state index < -0.39 is 0 Å². The summed E-state index contributed by atoms with van der Waals surface area (Å²) in [6.07, 6.45) is 1.69. The molecular formula is C18H19N7O2. The monoisotopic (exact) mass is 365 g/mol. The van der Waals surface area contributed by atoms with Gasteiger partial charge in [0.1, 0.15) is 5.82 Å². The van der Waals surface area contributed by atoms with Crippen LogP contribution in [0.1, 0.15) is 10.4 Å². The van der Waals surface area contributed by atoms with E-state index in [0.29, 0.717) is 37.6 Å². The smallest absolute Gasteiger partial charge is 0.254 e. The summed E-state index contributed by atoms with van der Waals surface area (Å²) in [5.41, 5.74) is 7.85. The van der Waals surface area contributed by atoms with Crippen LogP contribution in [-0.4, -0.2) is 57.2 Å². The summed E-state index contributed by atoms with van der Waals surface area (Å²) in [5.74, 6) is 0.616. The van der Waals surface area contributed by atoms with Gasteiger partial charge in [0.15, 0.2) is 0 Å². The van der Waals surface area contributed by atoms with E-state index >= 15 is 0 Å². The van der Waals surface area contributed by atoms with Crippen LogP contribution in [0, 0.1) is 0 Å². The number of carbonyl (C=O) groups excluding carboxylic acids is 1. The van der Waals surface area contributed by atoms with Crippen molar-refractivity contribution in [1.82, 2.24) is 25.1 Å². The number of amides is 1. The Labute approximate surface area is 154 Å². The van der Waals surface area contributed by atoms with Gasteiger partial charge in [0.05, 0.1) is 5.69 Å². The van der Waals surface area contributed by atoms with Gasteiger partial charge in [-0.3, -0.25) is 19.7 Å². The van der Waals surface area contributed by atoms with E-state index in [-0.39, 0.29) is 17.4 Å². The highest BCUT2D eigenvalue weighted by atomic mass is 16.2. The summed E-state index contributed by atoms with van der Waals surface area (Å²) in [4.78, 5) is 34.6. The molecule has 0 aliphatic carbocycles. The molecule has 0 saturated carbocycles. The Morgan fingerprint density at radius 3 is 2.44 bits per heavy atom. The molecule has 1 saturated heterocycles. The van der Waals surface area contributed by atoms with Crippen molar-refractivity contribution in [2.45, 2.75) is 0 Å². The molecule has 2 aromatic heterocycles. The summed E-state index contributed by atoms with van der Waals surface area (Å²) in [6.45, 7) is 2.28. The van der Waals surface area contributed by atoms with Gasteiger partial charge in [0.2, 0.25) is 5.95 Å². The molecule has 9 heteroatoms. The molecule has 0 radical (unpaired) electrons. The van der Waals surface area contributed by atoms with Gasteiger partial charge >= 0.3 is 0 Å². The maximum Gasteiger partial charge on any atom is 0.254 e. The molecule has 1 amide bonds. The van der Waals surface area contributed by atoms with Crippen LogP contribution in [0.2, 0.25) is 0 Å². The third kappa shape index (κ3) is 3.52. The van der Waals surface area contributed by atoms with E-state index in [1.54, 1.807) is 11.1 Å². The summed E-state index contributed by atoms with van der Waals surface area (Å²) in [6, 6.07) is 10.8. The number of benzene rings is 1. The Kier molecular flexibility index (Phi) is 4.33. The number of nitrogens with zero attached hydrogens (tertiary/aromatic N) is 4. The predicted octanol–water partition coefficient (Wildman–Crippen LogP) is 0.705. The molecule has 4 N–H and O–H groups in total. The van der Waals surface area contributed by atoms with Gasteiger partial charge in [-0.25, -0.2) is 0 Å². The number of piperazine rings is 1. The zero-order valence-corrected chi connectivity index (χ0v) is 14.6. The fraction of sp³-hybridized carbons (Fsp3) is 0.222. The summed E-state index contributed by atoms with van der Waals surface area (Å²) >= 11 is 0. The highest BCUT2D eigenvalue weighted by molar-refractivity contribution is 5.94. The van der Waals surface area contributed by atoms with Crippen molar-refractivity contribution in [2.24, 2.45) is 0 Å². The number of aromatic amines is 2. The number of rotatable bonds is 3. The molecule has 9 nitrogen and oxygen atoms in total. The Morgan fingerprint density at radius 1 is 1.07 bits per heavy atom. The molecular weight excluding hydrogens is 346 g/mol. The van der Waals surface area contributed by atoms with E-state index in [4.69, 9.17) is 5.73 Å². The molecule has 0 bridgehead atoms. The van der Waals surface area contributed by atoms with Crippen LogP contribution >= 0.6 is 0 Å². The van der Waals surface area contributed by atoms with Crippen LogP contribution in [0.4, 0.5) is 11.8 Å². The first-order valence-corrected chi connectivity index (χ1v) is 8.61. The molecule has 3 aromatic rings. The van der Waals surface area contributed by atoms with Gasteiger partial charge < -0.3 is 15.5 Å². The van der Waals surface area contributed by atoms with Crippen molar-refractivity contribution < 1.29 is 4.79 Å². The summed E-state index contributed by atoms with van der Waals surface area (Å²) in [7, 11) is 0. The number of nitrogens with one attached hydrogen (secondary N) is 2. The summed E-state index contributed by atoms with van der Waals surface area (Å²) < 4.78 is 0. The van der Waals surface area contributed by atoms with Gasteiger partial charge in [0, 0.05) is 44.0 Å². The number of anilines is 2. The largest absolute Gasteiger partial charge is 0.369 e. The first-order valence-electron chi connectivity index (χ1n) is 8.61. The van der Waals surface area contributed by atoms with Gasteiger partial charge in [-0.2, -0.15) is 10.1 Å². The molecule has 0 unspecified atom stereocenters. The van der Waals surface area contributed by atoms with Crippen molar-refractivity contribution in [3.63, 3.8) is 0 Å². The molecule has 0 spiro atoms. The van der Waals surface area contributed by atoms with Crippen LogP contribution in [-0.2, 0) is 0 Å². The van der Waals surface area contributed by atoms with Crippen LogP contribution in [0.15, 0.2) is 47.4 Å². The fourth-order valence-corrected chi connectivity index (χ4v) is 3.16. The minimum Gasteiger partial charge on any atom is -0.369 e. The molecule has 0 atom stereocenters. The average molecular weight is 365 g/mol. The van der Waals surface area contributed by atoms with Crippen molar-refractivity contribution in [2.75, 3.05) is 36.8 Å². The Hall–Kier alpha value is -3.62. The third-order valence-electron chi connectivity index (χ3n) is 4.58. The topological polar surface area (TPSA) is 124 Å². The van der Waals surface area contributed by atoms with Gasteiger partial charge in [-0.15, -0.1) is 0 Å². The second-order valence-electron chi connectivity index (χ2n) is 6.32. The zero-order chi connectivity index (χ0) is 18.8. The number of hydrogen-bond donors (Lipinski definition) is 3. The Morgan fingerprint density at radius 2 is 1.81 bits per heavy atom. The number of carbonyl (C=O) groups is 1. The third-order valence-corrected chi connectivity index (χ3v) is 4.58. The van der Waals surface area contributed by atoms with Crippen LogP contribution in [0.25, 0.3) is 11.3 Å². The normalized spacial score (nSPS) is 14.4.